The van der Waals surface area contributed by atoms with Crippen LogP contribution in [0.3, 0.4) is 0 Å². The van der Waals surface area contributed by atoms with Crippen LogP contribution < -0.4 is 10.6 Å². The molecule has 0 spiro atoms. The molecular weight excluding hydrogens is 291 g/mol. The molecule has 0 saturated carbocycles. The van der Waals surface area contributed by atoms with E-state index in [9.17, 15) is 4.79 Å². The number of hydrogen-bond acceptors (Lipinski definition) is 3. The number of carbonyl (C=O) groups is 1. The van der Waals surface area contributed by atoms with Crippen molar-refractivity contribution in [1.82, 2.24) is 0 Å². The van der Waals surface area contributed by atoms with Gasteiger partial charge in [0, 0.05) is 18.4 Å². The first-order valence-electron chi connectivity index (χ1n) is 5.07. The molecule has 0 bridgehead atoms. The maximum atomic E-state index is 12.2. The van der Waals surface area contributed by atoms with E-state index >= 15 is 0 Å². The molecule has 0 aliphatic rings. The van der Waals surface area contributed by atoms with Crippen LogP contribution >= 0.6 is 34.5 Å². The quantitative estimate of drug-likeness (QED) is 0.855. The molecule has 2 rings (SSSR count). The monoisotopic (exact) mass is 300 g/mol. The van der Waals surface area contributed by atoms with Crippen LogP contribution in [0.15, 0.2) is 30.3 Å². The van der Waals surface area contributed by atoms with Crippen molar-refractivity contribution in [3.05, 3.63) is 44.6 Å². The summed E-state index contributed by atoms with van der Waals surface area (Å²) in [5, 5.41) is 0. The first kappa shape index (κ1) is 13.2. The topological polar surface area (TPSA) is 46.3 Å². The SMILES string of the molecule is CN(C(=O)c1cc(Cl)sc1Cl)c1ccc(N)cc1. The lowest BCUT2D eigenvalue weighted by Gasteiger charge is -2.17. The number of hydrogen-bond donors (Lipinski definition) is 1. The zero-order valence-electron chi connectivity index (χ0n) is 9.48. The van der Waals surface area contributed by atoms with E-state index in [1.54, 1.807) is 37.4 Å². The number of anilines is 2. The Bertz CT molecular complexity index is 580. The predicted molar refractivity (Wildman–Crippen MR) is 77.9 cm³/mol. The van der Waals surface area contributed by atoms with Crippen LogP contribution in [0, 0.1) is 0 Å². The summed E-state index contributed by atoms with van der Waals surface area (Å²) >= 11 is 13.0. The number of nitrogens with zero attached hydrogens (tertiary/aromatic N) is 1. The highest BCUT2D eigenvalue weighted by Crippen LogP contribution is 2.32. The van der Waals surface area contributed by atoms with Gasteiger partial charge in [0.05, 0.1) is 9.90 Å². The summed E-state index contributed by atoms with van der Waals surface area (Å²) in [6, 6.07) is 8.59. The molecule has 6 heteroatoms. The van der Waals surface area contributed by atoms with Crippen LogP contribution in [-0.2, 0) is 0 Å². The summed E-state index contributed by atoms with van der Waals surface area (Å²) in [6.07, 6.45) is 0. The van der Waals surface area contributed by atoms with Crippen molar-refractivity contribution in [3.63, 3.8) is 0 Å². The molecule has 1 aromatic carbocycles. The lowest BCUT2D eigenvalue weighted by Crippen LogP contribution is -2.25. The second-order valence-electron chi connectivity index (χ2n) is 3.69. The summed E-state index contributed by atoms with van der Waals surface area (Å²) in [5.74, 6) is -0.201. The largest absolute Gasteiger partial charge is 0.399 e. The average Bonchev–Trinajstić information content (AvgIpc) is 2.67. The number of thiophene rings is 1. The van der Waals surface area contributed by atoms with Gasteiger partial charge >= 0.3 is 0 Å². The van der Waals surface area contributed by atoms with E-state index in [0.717, 1.165) is 5.69 Å². The molecule has 0 aliphatic heterocycles. The molecule has 1 amide bonds. The van der Waals surface area contributed by atoms with E-state index in [1.165, 1.54) is 16.2 Å². The number of benzene rings is 1. The van der Waals surface area contributed by atoms with Crippen molar-refractivity contribution in [1.29, 1.82) is 0 Å². The summed E-state index contributed by atoms with van der Waals surface area (Å²) in [7, 11) is 1.68. The molecule has 0 unspecified atom stereocenters. The van der Waals surface area contributed by atoms with Crippen molar-refractivity contribution in [2.24, 2.45) is 0 Å². The lowest BCUT2D eigenvalue weighted by molar-refractivity contribution is 0.0993. The predicted octanol–water partition coefficient (Wildman–Crippen LogP) is 3.91. The third kappa shape index (κ3) is 2.61. The number of carbonyl (C=O) groups excluding carboxylic acids is 1. The average molecular weight is 301 g/mol. The highest BCUT2D eigenvalue weighted by molar-refractivity contribution is 7.20. The maximum Gasteiger partial charge on any atom is 0.260 e. The van der Waals surface area contributed by atoms with Gasteiger partial charge in [-0.3, -0.25) is 4.79 Å². The molecule has 18 heavy (non-hydrogen) atoms. The summed E-state index contributed by atoms with van der Waals surface area (Å²) in [5.41, 5.74) is 7.40. The minimum Gasteiger partial charge on any atom is -0.399 e. The highest BCUT2D eigenvalue weighted by atomic mass is 35.5. The smallest absolute Gasteiger partial charge is 0.260 e. The number of halogens is 2. The Balaban J connectivity index is 2.29. The van der Waals surface area contributed by atoms with Crippen LogP contribution in [0.25, 0.3) is 0 Å². The lowest BCUT2D eigenvalue weighted by atomic mass is 10.2. The van der Waals surface area contributed by atoms with Crippen LogP contribution in [-0.4, -0.2) is 13.0 Å². The van der Waals surface area contributed by atoms with Crippen LogP contribution in [0.5, 0.6) is 0 Å². The molecule has 2 aromatic rings. The van der Waals surface area contributed by atoms with Crippen LogP contribution in [0.1, 0.15) is 10.4 Å². The summed E-state index contributed by atoms with van der Waals surface area (Å²) in [6.45, 7) is 0. The highest BCUT2D eigenvalue weighted by Gasteiger charge is 2.19. The molecule has 0 radical (unpaired) electrons. The van der Waals surface area contributed by atoms with Crippen molar-refractivity contribution in [2.75, 3.05) is 17.7 Å². The van der Waals surface area contributed by atoms with E-state index in [1.807, 2.05) is 0 Å². The number of amides is 1. The van der Waals surface area contributed by atoms with Crippen LogP contribution in [0.4, 0.5) is 11.4 Å². The van der Waals surface area contributed by atoms with E-state index in [-0.39, 0.29) is 5.91 Å². The van der Waals surface area contributed by atoms with Gasteiger partial charge in [0.25, 0.3) is 5.91 Å². The van der Waals surface area contributed by atoms with E-state index < -0.39 is 0 Å². The Hall–Kier alpha value is -1.23. The zero-order chi connectivity index (χ0) is 13.3. The first-order valence-corrected chi connectivity index (χ1v) is 6.64. The van der Waals surface area contributed by atoms with Crippen molar-refractivity contribution in [2.45, 2.75) is 0 Å². The Morgan fingerprint density at radius 3 is 2.39 bits per heavy atom. The Labute approximate surface area is 119 Å². The Kier molecular flexibility index (Phi) is 3.80. The van der Waals surface area contributed by atoms with E-state index in [0.29, 0.717) is 19.9 Å². The standard InChI is InChI=1S/C12H10Cl2N2OS/c1-16(8-4-2-7(15)3-5-8)12(17)9-6-10(13)18-11(9)14/h2-6H,15H2,1H3. The number of nitrogen functional groups attached to an aromatic ring is 1. The molecule has 1 aromatic heterocycles. The van der Waals surface area contributed by atoms with Gasteiger partial charge in [0.15, 0.2) is 0 Å². The fraction of sp³-hybridized carbons (Fsp3) is 0.0833. The number of rotatable bonds is 2. The molecule has 1 heterocycles. The van der Waals surface area contributed by atoms with E-state index in [4.69, 9.17) is 28.9 Å². The molecule has 0 atom stereocenters. The minimum atomic E-state index is -0.201. The van der Waals surface area contributed by atoms with E-state index in [2.05, 4.69) is 0 Å². The molecule has 2 N–H and O–H groups in total. The molecule has 3 nitrogen and oxygen atoms in total. The van der Waals surface area contributed by atoms with Crippen molar-refractivity contribution >= 4 is 51.8 Å². The summed E-state index contributed by atoms with van der Waals surface area (Å²) < 4.78 is 0.890. The zero-order valence-corrected chi connectivity index (χ0v) is 11.8. The normalized spacial score (nSPS) is 10.4. The van der Waals surface area contributed by atoms with Gasteiger partial charge in [-0.2, -0.15) is 0 Å². The third-order valence-electron chi connectivity index (χ3n) is 2.47. The fourth-order valence-electron chi connectivity index (χ4n) is 1.48. The fourth-order valence-corrected chi connectivity index (χ4v) is 2.93. The summed E-state index contributed by atoms with van der Waals surface area (Å²) in [4.78, 5) is 13.7. The van der Waals surface area contributed by atoms with Crippen LogP contribution in [0.2, 0.25) is 8.67 Å². The second-order valence-corrected chi connectivity index (χ2v) is 5.98. The van der Waals surface area contributed by atoms with Gasteiger partial charge < -0.3 is 10.6 Å². The van der Waals surface area contributed by atoms with Crippen molar-refractivity contribution in [3.8, 4) is 0 Å². The molecule has 94 valence electrons. The van der Waals surface area contributed by atoms with Gasteiger partial charge in [-0.15, -0.1) is 11.3 Å². The second kappa shape index (κ2) is 5.18. The van der Waals surface area contributed by atoms with Crippen molar-refractivity contribution < 1.29 is 4.79 Å². The van der Waals surface area contributed by atoms with Gasteiger partial charge in [-0.05, 0) is 30.3 Å². The maximum absolute atomic E-state index is 12.2. The number of nitrogens with two attached hydrogens (primary N) is 1. The van der Waals surface area contributed by atoms with Gasteiger partial charge in [0.2, 0.25) is 0 Å². The first-order chi connectivity index (χ1) is 8.49. The molecule has 0 fully saturated rings. The molecular formula is C12H10Cl2N2OS. The molecule has 0 saturated heterocycles. The molecule has 0 aliphatic carbocycles. The van der Waals surface area contributed by atoms with Gasteiger partial charge in [-0.25, -0.2) is 0 Å². The third-order valence-corrected chi connectivity index (χ3v) is 3.96. The Morgan fingerprint density at radius 2 is 1.89 bits per heavy atom. The Morgan fingerprint density at radius 1 is 1.28 bits per heavy atom. The van der Waals surface area contributed by atoms with Gasteiger partial charge in [0.1, 0.15) is 4.34 Å². The minimum absolute atomic E-state index is 0.201. The van der Waals surface area contributed by atoms with Gasteiger partial charge in [-0.1, -0.05) is 23.2 Å².